The molecule has 122 valence electrons. The molecular formula is C19H29BrOSi. The van der Waals surface area contributed by atoms with Crippen LogP contribution in [-0.2, 0) is 4.43 Å². The smallest absolute Gasteiger partial charge is 0.258 e. The Bertz CT molecular complexity index is 493. The van der Waals surface area contributed by atoms with Crippen LogP contribution in [0.5, 0.6) is 0 Å². The molecule has 1 nitrogen and oxygen atoms in total. The fraction of sp³-hybridized carbons (Fsp3) is 0.474. The summed E-state index contributed by atoms with van der Waals surface area (Å²) >= 11 is 3.45. The number of hydrogen-bond acceptors (Lipinski definition) is 1. The first-order valence-electron chi connectivity index (χ1n) is 8.01. The molecule has 0 amide bonds. The molecule has 0 bridgehead atoms. The van der Waals surface area contributed by atoms with Crippen molar-refractivity contribution in [3.05, 3.63) is 52.7 Å². The van der Waals surface area contributed by atoms with Crippen LogP contribution in [0.1, 0.15) is 47.1 Å². The summed E-state index contributed by atoms with van der Waals surface area (Å²) in [5.74, 6) is 0.783. The van der Waals surface area contributed by atoms with Crippen molar-refractivity contribution >= 4 is 30.3 Å². The molecule has 22 heavy (non-hydrogen) atoms. The minimum absolute atomic E-state index is 0.560. The van der Waals surface area contributed by atoms with E-state index in [0.717, 1.165) is 15.8 Å². The van der Waals surface area contributed by atoms with Gasteiger partial charge in [-0.25, -0.2) is 0 Å². The van der Waals surface area contributed by atoms with Crippen LogP contribution in [0.2, 0.25) is 16.6 Å². The van der Waals surface area contributed by atoms with Gasteiger partial charge in [0.1, 0.15) is 0 Å². The van der Waals surface area contributed by atoms with Crippen molar-refractivity contribution < 1.29 is 4.43 Å². The van der Waals surface area contributed by atoms with Gasteiger partial charge >= 0.3 is 0 Å². The number of hydrogen-bond donors (Lipinski definition) is 0. The average Bonchev–Trinajstić information content (AvgIpc) is 2.43. The zero-order valence-electron chi connectivity index (χ0n) is 14.7. The predicted molar refractivity (Wildman–Crippen MR) is 104 cm³/mol. The Morgan fingerprint density at radius 2 is 1.45 bits per heavy atom. The predicted octanol–water partition coefficient (Wildman–Crippen LogP) is 7.17. The first-order valence-corrected chi connectivity index (χ1v) is 10.9. The van der Waals surface area contributed by atoms with E-state index in [4.69, 9.17) is 4.43 Å². The molecule has 0 unspecified atom stereocenters. The second-order valence-electron chi connectivity index (χ2n) is 6.77. The third-order valence-electron chi connectivity index (χ3n) is 4.35. The molecule has 0 N–H and O–H groups in total. The van der Waals surface area contributed by atoms with Crippen LogP contribution in [0, 0.1) is 0 Å². The van der Waals surface area contributed by atoms with E-state index in [1.54, 1.807) is 0 Å². The molecule has 1 aromatic carbocycles. The molecule has 0 aliphatic heterocycles. The third kappa shape index (κ3) is 4.59. The monoisotopic (exact) mass is 380 g/mol. The molecule has 0 aromatic heterocycles. The highest BCUT2D eigenvalue weighted by atomic mass is 79.9. The van der Waals surface area contributed by atoms with E-state index in [0.29, 0.717) is 16.6 Å². The fourth-order valence-corrected chi connectivity index (χ4v) is 8.87. The van der Waals surface area contributed by atoms with Gasteiger partial charge in [0.05, 0.1) is 5.76 Å². The number of allylic oxidation sites excluding steroid dienone is 1. The van der Waals surface area contributed by atoms with Gasteiger partial charge in [-0.1, -0.05) is 82.3 Å². The van der Waals surface area contributed by atoms with Crippen LogP contribution in [0.3, 0.4) is 0 Å². The standard InChI is InChI=1S/C19H29BrOSi/c1-14(2)22(15(3)4,16(5)6)21-17(7)8-9-18-10-12-19(20)13-11-18/h8-16H,7H2,1-6H3/b9-8+. The van der Waals surface area contributed by atoms with Gasteiger partial charge < -0.3 is 4.43 Å². The second kappa shape index (κ2) is 8.16. The first-order chi connectivity index (χ1) is 10.2. The highest BCUT2D eigenvalue weighted by Crippen LogP contribution is 2.43. The Balaban J connectivity index is 2.90. The second-order valence-corrected chi connectivity index (χ2v) is 13.1. The van der Waals surface area contributed by atoms with Gasteiger partial charge in [0.2, 0.25) is 0 Å². The van der Waals surface area contributed by atoms with Crippen molar-refractivity contribution in [1.29, 1.82) is 0 Å². The summed E-state index contributed by atoms with van der Waals surface area (Å²) in [4.78, 5) is 0. The number of rotatable bonds is 7. The van der Waals surface area contributed by atoms with Crippen LogP contribution in [0.15, 0.2) is 47.2 Å². The van der Waals surface area contributed by atoms with Crippen LogP contribution in [0.4, 0.5) is 0 Å². The van der Waals surface area contributed by atoms with Gasteiger partial charge in [0, 0.05) is 4.47 Å². The molecule has 0 fully saturated rings. The lowest BCUT2D eigenvalue weighted by molar-refractivity contribution is 0.389. The lowest BCUT2D eigenvalue weighted by atomic mass is 10.2. The van der Waals surface area contributed by atoms with Crippen molar-refractivity contribution in [2.45, 2.75) is 58.2 Å². The lowest BCUT2D eigenvalue weighted by Gasteiger charge is -2.42. The van der Waals surface area contributed by atoms with Gasteiger partial charge in [-0.05, 0) is 40.4 Å². The maximum Gasteiger partial charge on any atom is 0.258 e. The van der Waals surface area contributed by atoms with Crippen molar-refractivity contribution in [2.24, 2.45) is 0 Å². The Morgan fingerprint density at radius 3 is 1.86 bits per heavy atom. The van der Waals surface area contributed by atoms with Gasteiger partial charge in [-0.15, -0.1) is 0 Å². The van der Waals surface area contributed by atoms with Gasteiger partial charge in [-0.2, -0.15) is 0 Å². The summed E-state index contributed by atoms with van der Waals surface area (Å²) in [6.07, 6.45) is 4.06. The largest absolute Gasteiger partial charge is 0.543 e. The molecule has 0 aliphatic carbocycles. The Labute approximate surface area is 145 Å². The summed E-state index contributed by atoms with van der Waals surface area (Å²) in [5, 5.41) is 0. The van der Waals surface area contributed by atoms with Crippen molar-refractivity contribution in [3.63, 3.8) is 0 Å². The van der Waals surface area contributed by atoms with Crippen molar-refractivity contribution in [2.75, 3.05) is 0 Å². The zero-order valence-corrected chi connectivity index (χ0v) is 17.3. The van der Waals surface area contributed by atoms with Crippen molar-refractivity contribution in [1.82, 2.24) is 0 Å². The molecule has 1 aromatic rings. The van der Waals surface area contributed by atoms with E-state index < -0.39 is 8.32 Å². The minimum Gasteiger partial charge on any atom is -0.543 e. The molecule has 0 atom stereocenters. The van der Waals surface area contributed by atoms with E-state index in [2.05, 4.69) is 82.3 Å². The summed E-state index contributed by atoms with van der Waals surface area (Å²) in [6.45, 7) is 17.9. The normalized spacial score (nSPS) is 12.6. The highest BCUT2D eigenvalue weighted by molar-refractivity contribution is 9.10. The Hall–Kier alpha value is -0.803. The van der Waals surface area contributed by atoms with E-state index in [1.807, 2.05) is 18.2 Å². The molecule has 0 aliphatic rings. The van der Waals surface area contributed by atoms with E-state index in [-0.39, 0.29) is 0 Å². The highest BCUT2D eigenvalue weighted by Gasteiger charge is 2.46. The Morgan fingerprint density at radius 1 is 1.00 bits per heavy atom. The maximum atomic E-state index is 6.52. The molecule has 0 saturated carbocycles. The summed E-state index contributed by atoms with van der Waals surface area (Å²) in [5.41, 5.74) is 2.83. The summed E-state index contributed by atoms with van der Waals surface area (Å²) in [7, 11) is -1.90. The molecule has 0 spiro atoms. The van der Waals surface area contributed by atoms with Crippen molar-refractivity contribution in [3.8, 4) is 0 Å². The number of halogens is 1. The van der Waals surface area contributed by atoms with Gasteiger partial charge in [0.25, 0.3) is 8.32 Å². The average molecular weight is 381 g/mol. The van der Waals surface area contributed by atoms with E-state index in [9.17, 15) is 0 Å². The van der Waals surface area contributed by atoms with Crippen LogP contribution in [-0.4, -0.2) is 8.32 Å². The zero-order chi connectivity index (χ0) is 16.9. The topological polar surface area (TPSA) is 9.23 Å². The summed E-state index contributed by atoms with van der Waals surface area (Å²) < 4.78 is 7.60. The molecule has 0 radical (unpaired) electrons. The quantitative estimate of drug-likeness (QED) is 0.276. The third-order valence-corrected chi connectivity index (χ3v) is 10.9. The molecule has 3 heteroatoms. The van der Waals surface area contributed by atoms with E-state index in [1.165, 1.54) is 0 Å². The molecule has 1 rings (SSSR count). The summed E-state index contributed by atoms with van der Waals surface area (Å²) in [6, 6.07) is 8.23. The fourth-order valence-electron chi connectivity index (χ4n) is 3.38. The molecular weight excluding hydrogens is 352 g/mol. The molecule has 0 heterocycles. The minimum atomic E-state index is -1.90. The SMILES string of the molecule is C=C(/C=C/c1ccc(Br)cc1)O[Si](C(C)C)(C(C)C)C(C)C. The van der Waals surface area contributed by atoms with Gasteiger partial charge in [0.15, 0.2) is 0 Å². The van der Waals surface area contributed by atoms with Gasteiger partial charge in [-0.3, -0.25) is 0 Å². The Kier molecular flexibility index (Phi) is 7.14. The first kappa shape index (κ1) is 19.2. The van der Waals surface area contributed by atoms with Crippen LogP contribution in [0.25, 0.3) is 6.08 Å². The van der Waals surface area contributed by atoms with Crippen LogP contribution < -0.4 is 0 Å². The lowest BCUT2D eigenvalue weighted by Crippen LogP contribution is -2.47. The number of benzene rings is 1. The van der Waals surface area contributed by atoms with E-state index >= 15 is 0 Å². The maximum absolute atomic E-state index is 6.52. The van der Waals surface area contributed by atoms with Crippen LogP contribution >= 0.6 is 15.9 Å². The molecule has 0 saturated heterocycles.